The second-order valence-electron chi connectivity index (χ2n) is 7.65. The fourth-order valence-electron chi connectivity index (χ4n) is 3.58. The van der Waals surface area contributed by atoms with Gasteiger partial charge in [0.15, 0.2) is 11.5 Å². The number of rotatable bonds is 7. The van der Waals surface area contributed by atoms with Crippen molar-refractivity contribution < 1.29 is 19.1 Å². The first-order valence-corrected chi connectivity index (χ1v) is 12.1. The molecular formula is C26H22ClIN2O4. The van der Waals surface area contributed by atoms with E-state index in [4.69, 9.17) is 21.1 Å². The van der Waals surface area contributed by atoms with Crippen molar-refractivity contribution in [2.24, 2.45) is 0 Å². The molecule has 3 aromatic carbocycles. The molecule has 0 aliphatic carbocycles. The number of hydrogen-bond acceptors (Lipinski definition) is 4. The molecule has 6 nitrogen and oxygen atoms in total. The van der Waals surface area contributed by atoms with Crippen molar-refractivity contribution in [2.75, 3.05) is 11.5 Å². The van der Waals surface area contributed by atoms with Gasteiger partial charge in [-0.3, -0.25) is 4.79 Å². The smallest absolute Gasteiger partial charge is 0.333 e. The van der Waals surface area contributed by atoms with E-state index in [1.165, 1.54) is 0 Å². The number of halogens is 2. The number of nitrogens with zero attached hydrogens (tertiary/aromatic N) is 1. The standard InChI is InChI=1S/C26H22ClIN2O4/c1-3-33-23-13-18(11-21(28)24(23)34-15-17-7-4-6-16(2)10-17)12-22-25(31)30(26(32)29-22)20-9-5-8-19(27)14-20/h4-14H,3,15H2,1-2H3,(H,29,32)/b22-12+. The Kier molecular flexibility index (Phi) is 7.43. The fraction of sp³-hybridized carbons (Fsp3) is 0.154. The number of benzene rings is 3. The van der Waals surface area contributed by atoms with Crippen LogP contribution < -0.4 is 19.7 Å². The Morgan fingerprint density at radius 3 is 2.59 bits per heavy atom. The van der Waals surface area contributed by atoms with E-state index in [-0.39, 0.29) is 5.70 Å². The van der Waals surface area contributed by atoms with Gasteiger partial charge in [0, 0.05) is 5.02 Å². The molecule has 0 atom stereocenters. The number of amides is 3. The first-order valence-electron chi connectivity index (χ1n) is 10.6. The van der Waals surface area contributed by atoms with Gasteiger partial charge in [0.2, 0.25) is 0 Å². The predicted octanol–water partition coefficient (Wildman–Crippen LogP) is 6.33. The number of urea groups is 1. The molecule has 1 aliphatic heterocycles. The predicted molar refractivity (Wildman–Crippen MR) is 141 cm³/mol. The van der Waals surface area contributed by atoms with Crippen molar-refractivity contribution >= 4 is 57.9 Å². The monoisotopic (exact) mass is 588 g/mol. The average molecular weight is 589 g/mol. The van der Waals surface area contributed by atoms with Crippen molar-refractivity contribution in [2.45, 2.75) is 20.5 Å². The number of hydrogen-bond donors (Lipinski definition) is 1. The lowest BCUT2D eigenvalue weighted by molar-refractivity contribution is -0.113. The molecule has 4 rings (SSSR count). The van der Waals surface area contributed by atoms with Gasteiger partial charge in [-0.15, -0.1) is 0 Å². The first kappa shape index (κ1) is 24.1. The normalized spacial score (nSPS) is 14.5. The molecule has 0 saturated carbocycles. The maximum Gasteiger partial charge on any atom is 0.333 e. The van der Waals surface area contributed by atoms with Crippen LogP contribution in [0.3, 0.4) is 0 Å². The van der Waals surface area contributed by atoms with E-state index in [9.17, 15) is 9.59 Å². The van der Waals surface area contributed by atoms with E-state index >= 15 is 0 Å². The molecule has 3 amide bonds. The number of aryl methyl sites for hydroxylation is 1. The van der Waals surface area contributed by atoms with Crippen LogP contribution >= 0.6 is 34.2 Å². The van der Waals surface area contributed by atoms with Gasteiger partial charge in [-0.25, -0.2) is 9.69 Å². The molecule has 0 bridgehead atoms. The lowest BCUT2D eigenvalue weighted by Crippen LogP contribution is -2.30. The summed E-state index contributed by atoms with van der Waals surface area (Å²) >= 11 is 8.21. The maximum atomic E-state index is 13.0. The summed E-state index contributed by atoms with van der Waals surface area (Å²) in [6.07, 6.45) is 1.62. The lowest BCUT2D eigenvalue weighted by Gasteiger charge is -2.15. The van der Waals surface area contributed by atoms with Crippen LogP contribution in [-0.4, -0.2) is 18.5 Å². The molecule has 174 valence electrons. The molecule has 8 heteroatoms. The summed E-state index contributed by atoms with van der Waals surface area (Å²) in [6.45, 7) is 4.79. The minimum Gasteiger partial charge on any atom is -0.490 e. The highest BCUT2D eigenvalue weighted by molar-refractivity contribution is 14.1. The van der Waals surface area contributed by atoms with Crippen molar-refractivity contribution in [3.8, 4) is 11.5 Å². The number of ether oxygens (including phenoxy) is 2. The molecule has 1 saturated heterocycles. The zero-order chi connectivity index (χ0) is 24.2. The molecule has 1 heterocycles. The Morgan fingerprint density at radius 1 is 1.06 bits per heavy atom. The fourth-order valence-corrected chi connectivity index (χ4v) is 4.55. The molecular weight excluding hydrogens is 567 g/mol. The van der Waals surface area contributed by atoms with Crippen molar-refractivity contribution in [1.29, 1.82) is 0 Å². The van der Waals surface area contributed by atoms with Gasteiger partial charge in [0.1, 0.15) is 12.3 Å². The summed E-state index contributed by atoms with van der Waals surface area (Å²) in [6, 6.07) is 17.9. The third kappa shape index (κ3) is 5.37. The number of anilines is 1. The molecule has 0 unspecified atom stereocenters. The second-order valence-corrected chi connectivity index (χ2v) is 9.25. The molecule has 0 radical (unpaired) electrons. The minimum atomic E-state index is -0.531. The van der Waals surface area contributed by atoms with E-state index in [1.54, 1.807) is 36.4 Å². The van der Waals surface area contributed by atoms with E-state index < -0.39 is 11.9 Å². The average Bonchev–Trinajstić information content (AvgIpc) is 3.06. The van der Waals surface area contributed by atoms with E-state index in [0.717, 1.165) is 19.6 Å². The van der Waals surface area contributed by atoms with Crippen LogP contribution in [0.4, 0.5) is 10.5 Å². The summed E-state index contributed by atoms with van der Waals surface area (Å²) in [5.74, 6) is 0.742. The highest BCUT2D eigenvalue weighted by Gasteiger charge is 2.35. The largest absolute Gasteiger partial charge is 0.490 e. The van der Waals surface area contributed by atoms with Gasteiger partial charge >= 0.3 is 6.03 Å². The Balaban J connectivity index is 1.60. The van der Waals surface area contributed by atoms with Gasteiger partial charge in [0.25, 0.3) is 5.91 Å². The van der Waals surface area contributed by atoms with Crippen LogP contribution in [0.2, 0.25) is 5.02 Å². The topological polar surface area (TPSA) is 67.9 Å². The zero-order valence-corrected chi connectivity index (χ0v) is 21.5. The van der Waals surface area contributed by atoms with E-state index in [2.05, 4.69) is 34.0 Å². The van der Waals surface area contributed by atoms with Crippen LogP contribution in [0.1, 0.15) is 23.6 Å². The number of carbonyl (C=O) groups is 2. The highest BCUT2D eigenvalue weighted by Crippen LogP contribution is 2.36. The molecule has 3 aromatic rings. The van der Waals surface area contributed by atoms with Crippen LogP contribution in [-0.2, 0) is 11.4 Å². The molecule has 1 N–H and O–H groups in total. The second kappa shape index (κ2) is 10.5. The number of imide groups is 1. The van der Waals surface area contributed by atoms with Gasteiger partial charge < -0.3 is 14.8 Å². The zero-order valence-electron chi connectivity index (χ0n) is 18.6. The minimum absolute atomic E-state index is 0.164. The quantitative estimate of drug-likeness (QED) is 0.199. The first-order chi connectivity index (χ1) is 16.4. The molecule has 1 fully saturated rings. The van der Waals surface area contributed by atoms with Crippen LogP contribution in [0.25, 0.3) is 6.08 Å². The summed E-state index contributed by atoms with van der Waals surface area (Å²) in [4.78, 5) is 26.5. The van der Waals surface area contributed by atoms with Gasteiger partial charge in [0.05, 0.1) is 15.9 Å². The molecule has 0 aromatic heterocycles. The van der Waals surface area contributed by atoms with Crippen LogP contribution in [0.15, 0.2) is 66.4 Å². The lowest BCUT2D eigenvalue weighted by atomic mass is 10.1. The Hall–Kier alpha value is -3.04. The van der Waals surface area contributed by atoms with Crippen LogP contribution in [0.5, 0.6) is 11.5 Å². The van der Waals surface area contributed by atoms with Crippen LogP contribution in [0, 0.1) is 10.5 Å². The highest BCUT2D eigenvalue weighted by atomic mass is 127. The molecule has 0 spiro atoms. The Labute approximate surface area is 216 Å². The third-order valence-corrected chi connectivity index (χ3v) is 6.09. The summed E-state index contributed by atoms with van der Waals surface area (Å²) in [5.41, 5.74) is 3.49. The van der Waals surface area contributed by atoms with E-state index in [1.807, 2.05) is 38.1 Å². The summed E-state index contributed by atoms with van der Waals surface area (Å²) < 4.78 is 12.8. The van der Waals surface area contributed by atoms with Gasteiger partial charge in [-0.05, 0) is 84.0 Å². The van der Waals surface area contributed by atoms with Crippen molar-refractivity contribution in [3.05, 3.63) is 91.6 Å². The van der Waals surface area contributed by atoms with E-state index in [0.29, 0.717) is 41.0 Å². The Bertz CT molecular complexity index is 1290. The molecule has 1 aliphatic rings. The third-order valence-electron chi connectivity index (χ3n) is 5.05. The number of carbonyl (C=O) groups excluding carboxylic acids is 2. The van der Waals surface area contributed by atoms with Gasteiger partial charge in [-0.2, -0.15) is 0 Å². The van der Waals surface area contributed by atoms with Gasteiger partial charge in [-0.1, -0.05) is 47.5 Å². The Morgan fingerprint density at radius 2 is 1.85 bits per heavy atom. The molecule has 34 heavy (non-hydrogen) atoms. The maximum absolute atomic E-state index is 13.0. The number of nitrogens with one attached hydrogen (secondary N) is 1. The summed E-state index contributed by atoms with van der Waals surface area (Å²) in [7, 11) is 0. The van der Waals surface area contributed by atoms with Crippen molar-refractivity contribution in [1.82, 2.24) is 5.32 Å². The summed E-state index contributed by atoms with van der Waals surface area (Å²) in [5, 5.41) is 3.08. The van der Waals surface area contributed by atoms with Crippen molar-refractivity contribution in [3.63, 3.8) is 0 Å². The SMILES string of the molecule is CCOc1cc(/C=C2/NC(=O)N(c3cccc(Cl)c3)C2=O)cc(I)c1OCc1cccc(C)c1.